The zero-order valence-corrected chi connectivity index (χ0v) is 21.1. The first-order valence-corrected chi connectivity index (χ1v) is 13.2. The van der Waals surface area contributed by atoms with Gasteiger partial charge in [0, 0.05) is 6.42 Å². The molecule has 0 amide bonds. The van der Waals surface area contributed by atoms with Crippen LogP contribution in [0.3, 0.4) is 0 Å². The Hall–Kier alpha value is -1.40. The molecule has 7 atom stereocenters. The van der Waals surface area contributed by atoms with Gasteiger partial charge in [-0.05, 0) is 106 Å². The van der Waals surface area contributed by atoms with Gasteiger partial charge in [0.1, 0.15) is 12.4 Å². The second kappa shape index (κ2) is 8.99. The molecule has 0 aromatic carbocycles. The van der Waals surface area contributed by atoms with Crippen LogP contribution in [0.1, 0.15) is 83.3 Å². The number of nitrogens with zero attached hydrogens (tertiary/aromatic N) is 3. The van der Waals surface area contributed by atoms with Crippen LogP contribution in [0.25, 0.3) is 0 Å². The minimum Gasteiger partial charge on any atom is -0.444 e. The summed E-state index contributed by atoms with van der Waals surface area (Å²) in [5.74, 6) is 4.72. The van der Waals surface area contributed by atoms with Gasteiger partial charge in [-0.1, -0.05) is 19.0 Å². The van der Waals surface area contributed by atoms with Gasteiger partial charge in [-0.3, -0.25) is 0 Å². The molecule has 1 aromatic heterocycles. The van der Waals surface area contributed by atoms with Crippen molar-refractivity contribution in [1.29, 1.82) is 0 Å². The van der Waals surface area contributed by atoms with Gasteiger partial charge in [0.25, 0.3) is 0 Å². The molecular weight excluding hydrogens is 414 g/mol. The number of aliphatic hydroxyl groups excluding tert-OH is 1. The van der Waals surface area contributed by atoms with Crippen molar-refractivity contribution in [2.24, 2.45) is 39.7 Å². The van der Waals surface area contributed by atoms with Crippen LogP contribution in [-0.2, 0) is 17.8 Å². The van der Waals surface area contributed by atoms with E-state index in [2.05, 4.69) is 24.0 Å². The normalized spacial score (nSPS) is 41.6. The number of aliphatic hydroxyl groups is 1. The molecule has 4 aliphatic carbocycles. The summed E-state index contributed by atoms with van der Waals surface area (Å²) in [4.78, 5) is 12.1. The minimum atomic E-state index is -0.0762. The van der Waals surface area contributed by atoms with E-state index < -0.39 is 0 Å². The van der Waals surface area contributed by atoms with Gasteiger partial charge in [0.05, 0.1) is 24.6 Å². The lowest BCUT2D eigenvalue weighted by molar-refractivity contribution is -0.112. The van der Waals surface area contributed by atoms with Crippen molar-refractivity contribution in [3.8, 4) is 0 Å². The van der Waals surface area contributed by atoms with E-state index in [9.17, 15) is 5.11 Å². The first-order chi connectivity index (χ1) is 15.8. The Morgan fingerprint density at radius 1 is 1.12 bits per heavy atom. The Morgan fingerprint density at radius 2 is 1.94 bits per heavy atom. The van der Waals surface area contributed by atoms with Gasteiger partial charge >= 0.3 is 0 Å². The summed E-state index contributed by atoms with van der Waals surface area (Å²) in [5.41, 5.74) is 1.86. The highest BCUT2D eigenvalue weighted by Gasteiger charge is 2.59. The second-order valence-corrected chi connectivity index (χ2v) is 12.2. The second-order valence-electron chi connectivity index (χ2n) is 12.2. The smallest absolute Gasteiger partial charge is 0.208 e. The van der Waals surface area contributed by atoms with Crippen LogP contribution in [0.15, 0.2) is 15.8 Å². The van der Waals surface area contributed by atoms with Gasteiger partial charge in [0.15, 0.2) is 0 Å². The van der Waals surface area contributed by atoms with Crippen LogP contribution in [-0.4, -0.2) is 47.5 Å². The first-order valence-electron chi connectivity index (χ1n) is 13.2. The van der Waals surface area contributed by atoms with E-state index in [1.165, 1.54) is 44.2 Å². The van der Waals surface area contributed by atoms with Crippen molar-refractivity contribution in [3.05, 3.63) is 17.8 Å². The van der Waals surface area contributed by atoms with E-state index >= 15 is 0 Å². The van der Waals surface area contributed by atoms with Crippen LogP contribution in [0.4, 0.5) is 0 Å². The topological polar surface area (TPSA) is 71.1 Å². The maximum Gasteiger partial charge on any atom is 0.208 e. The zero-order chi connectivity index (χ0) is 23.2. The molecule has 4 saturated carbocycles. The van der Waals surface area contributed by atoms with E-state index in [0.29, 0.717) is 25.0 Å². The number of oxazole rings is 1. The molecule has 1 heterocycles. The van der Waals surface area contributed by atoms with Gasteiger partial charge in [0.2, 0.25) is 5.89 Å². The number of rotatable bonds is 6. The predicted octanol–water partition coefficient (Wildman–Crippen LogP) is 5.05. The van der Waals surface area contributed by atoms with Crippen LogP contribution < -0.4 is 0 Å². The molecule has 1 aromatic rings. The lowest BCUT2D eigenvalue weighted by atomic mass is 9.45. The van der Waals surface area contributed by atoms with Gasteiger partial charge in [-0.2, -0.15) is 0 Å². The third-order valence-corrected chi connectivity index (χ3v) is 10.1. The third kappa shape index (κ3) is 4.27. The molecule has 33 heavy (non-hydrogen) atoms. The zero-order valence-electron chi connectivity index (χ0n) is 21.1. The monoisotopic (exact) mass is 457 g/mol. The van der Waals surface area contributed by atoms with E-state index in [-0.39, 0.29) is 11.5 Å². The van der Waals surface area contributed by atoms with E-state index in [1.807, 2.05) is 19.0 Å². The molecule has 4 fully saturated rings. The van der Waals surface area contributed by atoms with Crippen molar-refractivity contribution >= 4 is 5.71 Å². The van der Waals surface area contributed by atoms with Crippen molar-refractivity contribution < 1.29 is 14.4 Å². The lowest BCUT2D eigenvalue weighted by Gasteiger charge is -2.60. The average molecular weight is 458 g/mol. The molecule has 1 N–H and O–H groups in total. The van der Waals surface area contributed by atoms with Crippen molar-refractivity contribution in [3.63, 3.8) is 0 Å². The SMILES string of the molecule is CN(C)Cc1ncc(CCON=C2CCC3(C)C(CCC4C5CCC(O)C5(C)CCC43)C2)o1. The quantitative estimate of drug-likeness (QED) is 0.478. The molecule has 7 unspecified atom stereocenters. The van der Waals surface area contributed by atoms with Crippen LogP contribution in [0.2, 0.25) is 0 Å². The minimum absolute atomic E-state index is 0.0762. The molecule has 0 saturated heterocycles. The summed E-state index contributed by atoms with van der Waals surface area (Å²) in [7, 11) is 4.02. The molecular formula is C27H43N3O3. The maximum absolute atomic E-state index is 10.7. The highest BCUT2D eigenvalue weighted by Crippen LogP contribution is 2.65. The molecule has 0 spiro atoms. The fourth-order valence-corrected chi connectivity index (χ4v) is 8.21. The molecule has 6 nitrogen and oxygen atoms in total. The largest absolute Gasteiger partial charge is 0.444 e. The highest BCUT2D eigenvalue weighted by atomic mass is 16.6. The fraction of sp³-hybridized carbons (Fsp3) is 0.852. The summed E-state index contributed by atoms with van der Waals surface area (Å²) >= 11 is 0. The Bertz CT molecular complexity index is 867. The van der Waals surface area contributed by atoms with Gasteiger partial charge in [-0.25, -0.2) is 4.98 Å². The standard InChI is InChI=1S/C27H43N3O3/c1-26-12-9-19(29-32-14-11-20-16-28-25(33-20)17-30(3)4)15-18(26)5-6-21-22-7-8-24(31)27(22,2)13-10-23(21)26/h16,18,21-24,31H,5-15,17H2,1-4H3. The van der Waals surface area contributed by atoms with E-state index in [1.54, 1.807) is 6.20 Å². The number of hydrogen-bond donors (Lipinski definition) is 1. The third-order valence-electron chi connectivity index (χ3n) is 10.1. The Morgan fingerprint density at radius 3 is 2.76 bits per heavy atom. The molecule has 5 rings (SSSR count). The average Bonchev–Trinajstić information content (AvgIpc) is 3.34. The fourth-order valence-electron chi connectivity index (χ4n) is 8.21. The molecule has 184 valence electrons. The predicted molar refractivity (Wildman–Crippen MR) is 129 cm³/mol. The number of fused-ring (bicyclic) bond motifs is 5. The molecule has 0 radical (unpaired) electrons. The van der Waals surface area contributed by atoms with Crippen LogP contribution >= 0.6 is 0 Å². The summed E-state index contributed by atoms with van der Waals surface area (Å²) in [6.45, 7) is 6.21. The van der Waals surface area contributed by atoms with Gasteiger partial charge < -0.3 is 19.3 Å². The summed E-state index contributed by atoms with van der Waals surface area (Å²) in [6.07, 6.45) is 13.3. The summed E-state index contributed by atoms with van der Waals surface area (Å²) in [6, 6.07) is 0. The molecule has 0 bridgehead atoms. The van der Waals surface area contributed by atoms with Crippen LogP contribution in [0, 0.1) is 34.5 Å². The Kier molecular flexibility index (Phi) is 6.36. The maximum atomic E-state index is 10.7. The van der Waals surface area contributed by atoms with E-state index in [4.69, 9.17) is 9.25 Å². The van der Waals surface area contributed by atoms with Gasteiger partial charge in [-0.15, -0.1) is 0 Å². The first kappa shape index (κ1) is 23.3. The molecule has 4 aliphatic rings. The van der Waals surface area contributed by atoms with Crippen molar-refractivity contribution in [1.82, 2.24) is 9.88 Å². The van der Waals surface area contributed by atoms with Crippen molar-refractivity contribution in [2.75, 3.05) is 20.7 Å². The Balaban J connectivity index is 1.15. The number of oxime groups is 1. The van der Waals surface area contributed by atoms with Crippen molar-refractivity contribution in [2.45, 2.75) is 90.7 Å². The molecule has 6 heteroatoms. The number of aromatic nitrogens is 1. The molecule has 0 aliphatic heterocycles. The van der Waals surface area contributed by atoms with E-state index in [0.717, 1.165) is 54.6 Å². The van der Waals surface area contributed by atoms with Crippen LogP contribution in [0.5, 0.6) is 0 Å². The number of hydrogen-bond acceptors (Lipinski definition) is 6. The highest BCUT2D eigenvalue weighted by molar-refractivity contribution is 5.85. The Labute approximate surface area is 199 Å². The lowest BCUT2D eigenvalue weighted by Crippen LogP contribution is -2.54. The summed E-state index contributed by atoms with van der Waals surface area (Å²) < 4.78 is 5.77. The summed E-state index contributed by atoms with van der Waals surface area (Å²) in [5, 5.41) is 15.2.